The fourth-order valence-electron chi connectivity index (χ4n) is 2.52. The monoisotopic (exact) mass is 272 g/mol. The third kappa shape index (κ3) is 2.91. The first kappa shape index (κ1) is 14.3. The lowest BCUT2D eigenvalue weighted by Gasteiger charge is -2.20. The quantitative estimate of drug-likeness (QED) is 0.848. The number of fused-ring (bicyclic) bond motifs is 1. The number of carbonyl (C=O) groups is 1. The number of primary amides is 1. The molecule has 1 amide bonds. The normalized spacial score (nSPS) is 12.3. The van der Waals surface area contributed by atoms with E-state index in [9.17, 15) is 4.79 Å². The number of nitrogens with one attached hydrogen (secondary N) is 1. The second kappa shape index (κ2) is 6.39. The number of methoxy groups -OCH3 is 1. The number of amides is 1. The Hall–Kier alpha value is -2.07. The topological polar surface area (TPSA) is 64.3 Å². The van der Waals surface area contributed by atoms with Gasteiger partial charge in [0.25, 0.3) is 0 Å². The molecule has 4 heteroatoms. The summed E-state index contributed by atoms with van der Waals surface area (Å²) in [4.78, 5) is 11.3. The summed E-state index contributed by atoms with van der Waals surface area (Å²) < 4.78 is 5.39. The van der Waals surface area contributed by atoms with E-state index in [-0.39, 0.29) is 18.4 Å². The van der Waals surface area contributed by atoms with Gasteiger partial charge in [-0.3, -0.25) is 4.79 Å². The highest BCUT2D eigenvalue weighted by Crippen LogP contribution is 2.32. The fourth-order valence-corrected chi connectivity index (χ4v) is 2.52. The van der Waals surface area contributed by atoms with Crippen molar-refractivity contribution in [2.24, 2.45) is 5.73 Å². The number of benzene rings is 2. The van der Waals surface area contributed by atoms with Crippen molar-refractivity contribution in [3.05, 3.63) is 42.0 Å². The minimum atomic E-state index is -0.309. The number of nitrogens with two attached hydrogens (primary N) is 1. The van der Waals surface area contributed by atoms with Crippen LogP contribution < -0.4 is 15.8 Å². The van der Waals surface area contributed by atoms with E-state index in [2.05, 4.69) is 5.32 Å². The first-order chi connectivity index (χ1) is 9.67. The van der Waals surface area contributed by atoms with Gasteiger partial charge in [-0.2, -0.15) is 0 Å². The smallest absolute Gasteiger partial charge is 0.219 e. The predicted molar refractivity (Wildman–Crippen MR) is 80.7 cm³/mol. The van der Waals surface area contributed by atoms with Crippen LogP contribution in [0, 0.1) is 0 Å². The first-order valence-corrected chi connectivity index (χ1v) is 6.74. The molecule has 2 aromatic rings. The molecule has 1 atom stereocenters. The standard InChI is InChI=1S/C16H20N2O2/c1-3-18-14(10-16(17)19)12-8-9-15(20-2)13-7-5-4-6-11(12)13/h4-9,14,18H,3,10H2,1-2H3,(H2,17,19). The number of hydrogen-bond acceptors (Lipinski definition) is 3. The van der Waals surface area contributed by atoms with Crippen LogP contribution in [0.5, 0.6) is 5.75 Å². The summed E-state index contributed by atoms with van der Waals surface area (Å²) in [5.74, 6) is 0.523. The van der Waals surface area contributed by atoms with E-state index >= 15 is 0 Å². The summed E-state index contributed by atoms with van der Waals surface area (Å²) in [6, 6.07) is 11.9. The molecule has 1 unspecified atom stereocenters. The summed E-state index contributed by atoms with van der Waals surface area (Å²) in [7, 11) is 1.66. The van der Waals surface area contributed by atoms with Crippen LogP contribution in [-0.2, 0) is 4.79 Å². The lowest BCUT2D eigenvalue weighted by Crippen LogP contribution is -2.26. The molecule has 0 spiro atoms. The van der Waals surface area contributed by atoms with Crippen LogP contribution in [0.15, 0.2) is 36.4 Å². The second-order valence-corrected chi connectivity index (χ2v) is 4.68. The third-order valence-electron chi connectivity index (χ3n) is 3.37. The molecule has 0 radical (unpaired) electrons. The molecule has 0 heterocycles. The van der Waals surface area contributed by atoms with Gasteiger partial charge in [0.05, 0.1) is 7.11 Å². The molecule has 0 saturated carbocycles. The van der Waals surface area contributed by atoms with Crippen LogP contribution in [0.25, 0.3) is 10.8 Å². The van der Waals surface area contributed by atoms with Crippen LogP contribution in [0.1, 0.15) is 24.9 Å². The Kier molecular flexibility index (Phi) is 4.58. The van der Waals surface area contributed by atoms with Gasteiger partial charge in [-0.25, -0.2) is 0 Å². The zero-order chi connectivity index (χ0) is 14.5. The van der Waals surface area contributed by atoms with Crippen LogP contribution in [0.3, 0.4) is 0 Å². The van der Waals surface area contributed by atoms with Crippen LogP contribution >= 0.6 is 0 Å². The molecule has 2 rings (SSSR count). The number of ether oxygens (including phenoxy) is 1. The van der Waals surface area contributed by atoms with Crippen molar-refractivity contribution in [1.29, 1.82) is 0 Å². The van der Waals surface area contributed by atoms with E-state index in [1.807, 2.05) is 43.3 Å². The van der Waals surface area contributed by atoms with Gasteiger partial charge in [0.2, 0.25) is 5.91 Å². The van der Waals surface area contributed by atoms with Gasteiger partial charge in [-0.1, -0.05) is 37.3 Å². The van der Waals surface area contributed by atoms with Crippen molar-refractivity contribution in [2.45, 2.75) is 19.4 Å². The van der Waals surface area contributed by atoms with Crippen molar-refractivity contribution in [2.75, 3.05) is 13.7 Å². The minimum absolute atomic E-state index is 0.0756. The molecular formula is C16H20N2O2. The summed E-state index contributed by atoms with van der Waals surface area (Å²) in [5, 5.41) is 5.44. The maximum atomic E-state index is 11.3. The van der Waals surface area contributed by atoms with Gasteiger partial charge >= 0.3 is 0 Å². The van der Waals surface area contributed by atoms with Gasteiger partial charge in [-0.15, -0.1) is 0 Å². The van der Waals surface area contributed by atoms with Crippen LogP contribution in [-0.4, -0.2) is 19.6 Å². The lowest BCUT2D eigenvalue weighted by atomic mass is 9.96. The minimum Gasteiger partial charge on any atom is -0.496 e. The van der Waals surface area contributed by atoms with Crippen LogP contribution in [0.2, 0.25) is 0 Å². The van der Waals surface area contributed by atoms with Gasteiger partial charge in [0.1, 0.15) is 5.75 Å². The molecule has 0 fully saturated rings. The second-order valence-electron chi connectivity index (χ2n) is 4.68. The Bertz CT molecular complexity index is 610. The Balaban J connectivity index is 2.54. The van der Waals surface area contributed by atoms with E-state index in [1.165, 1.54) is 0 Å². The van der Waals surface area contributed by atoms with Gasteiger partial charge in [-0.05, 0) is 23.6 Å². The van der Waals surface area contributed by atoms with E-state index in [0.717, 1.165) is 28.6 Å². The molecule has 4 nitrogen and oxygen atoms in total. The molecule has 0 aliphatic rings. The van der Waals surface area contributed by atoms with Crippen LogP contribution in [0.4, 0.5) is 0 Å². The number of carbonyl (C=O) groups excluding carboxylic acids is 1. The zero-order valence-electron chi connectivity index (χ0n) is 11.8. The molecule has 106 valence electrons. The molecule has 3 N–H and O–H groups in total. The zero-order valence-corrected chi connectivity index (χ0v) is 11.8. The average Bonchev–Trinajstić information content (AvgIpc) is 2.45. The van der Waals surface area contributed by atoms with Gasteiger partial charge < -0.3 is 15.8 Å². The number of rotatable bonds is 6. The van der Waals surface area contributed by atoms with Crippen molar-refractivity contribution in [3.63, 3.8) is 0 Å². The highest BCUT2D eigenvalue weighted by Gasteiger charge is 2.17. The first-order valence-electron chi connectivity index (χ1n) is 6.74. The maximum Gasteiger partial charge on any atom is 0.219 e. The molecule has 20 heavy (non-hydrogen) atoms. The Labute approximate surface area is 118 Å². The maximum absolute atomic E-state index is 11.3. The van der Waals surface area contributed by atoms with E-state index in [0.29, 0.717) is 0 Å². The molecule has 0 aromatic heterocycles. The largest absolute Gasteiger partial charge is 0.496 e. The van der Waals surface area contributed by atoms with Crippen molar-refractivity contribution >= 4 is 16.7 Å². The lowest BCUT2D eigenvalue weighted by molar-refractivity contribution is -0.118. The van der Waals surface area contributed by atoms with E-state index in [4.69, 9.17) is 10.5 Å². The molecule has 0 bridgehead atoms. The van der Waals surface area contributed by atoms with Gasteiger partial charge in [0.15, 0.2) is 0 Å². The predicted octanol–water partition coefficient (Wildman–Crippen LogP) is 2.37. The Morgan fingerprint density at radius 1 is 1.25 bits per heavy atom. The molecule has 0 saturated heterocycles. The third-order valence-corrected chi connectivity index (χ3v) is 3.37. The molecular weight excluding hydrogens is 252 g/mol. The summed E-state index contributed by atoms with van der Waals surface area (Å²) in [6.45, 7) is 2.79. The van der Waals surface area contributed by atoms with Gasteiger partial charge in [0, 0.05) is 17.8 Å². The average molecular weight is 272 g/mol. The highest BCUT2D eigenvalue weighted by atomic mass is 16.5. The van der Waals surface area contributed by atoms with Crippen molar-refractivity contribution < 1.29 is 9.53 Å². The Morgan fingerprint density at radius 2 is 1.95 bits per heavy atom. The van der Waals surface area contributed by atoms with Crippen molar-refractivity contribution in [1.82, 2.24) is 5.32 Å². The van der Waals surface area contributed by atoms with E-state index in [1.54, 1.807) is 7.11 Å². The highest BCUT2D eigenvalue weighted by molar-refractivity contribution is 5.92. The van der Waals surface area contributed by atoms with E-state index < -0.39 is 0 Å². The molecule has 2 aromatic carbocycles. The summed E-state index contributed by atoms with van der Waals surface area (Å²) in [6.07, 6.45) is 0.282. The molecule has 0 aliphatic heterocycles. The number of hydrogen-bond donors (Lipinski definition) is 2. The Morgan fingerprint density at radius 3 is 2.55 bits per heavy atom. The SMILES string of the molecule is CCNC(CC(N)=O)c1ccc(OC)c2ccccc12. The fraction of sp³-hybridized carbons (Fsp3) is 0.312. The summed E-state index contributed by atoms with van der Waals surface area (Å²) >= 11 is 0. The summed E-state index contributed by atoms with van der Waals surface area (Å²) in [5.41, 5.74) is 6.43. The molecule has 0 aliphatic carbocycles. The van der Waals surface area contributed by atoms with Crippen molar-refractivity contribution in [3.8, 4) is 5.75 Å².